The normalized spacial score (nSPS) is 12.0. The quantitative estimate of drug-likeness (QED) is 0.643. The monoisotopic (exact) mass is 373 g/mol. The Bertz CT molecular complexity index is 887. The first-order chi connectivity index (χ1) is 13.0. The highest BCUT2D eigenvalue weighted by Crippen LogP contribution is 2.32. The van der Waals surface area contributed by atoms with Crippen molar-refractivity contribution >= 4 is 29.4 Å². The summed E-state index contributed by atoms with van der Waals surface area (Å²) in [5.74, 6) is -0.831. The van der Waals surface area contributed by atoms with Crippen molar-refractivity contribution in [2.45, 2.75) is 0 Å². The number of esters is 1. The lowest BCUT2D eigenvalue weighted by Gasteiger charge is -2.19. The number of imide groups is 1. The van der Waals surface area contributed by atoms with Crippen molar-refractivity contribution in [3.63, 3.8) is 0 Å². The lowest BCUT2D eigenvalue weighted by Crippen LogP contribution is -2.37. The van der Waals surface area contributed by atoms with Crippen molar-refractivity contribution in [3.05, 3.63) is 36.3 Å². The van der Waals surface area contributed by atoms with Crippen LogP contribution in [0.3, 0.4) is 0 Å². The number of benzene rings is 1. The number of carbonyl (C=O) groups excluding carboxylic acids is 3. The highest BCUT2D eigenvalue weighted by molar-refractivity contribution is 6.02. The maximum Gasteiger partial charge on any atom is 0.361 e. The fraction of sp³-hybridized carbons (Fsp3) is 0.188. The standard InChI is InChI=1S/C16H15N5O6/c17-14-13(18-3-4-19-14)15(23)27-8-12(22)21-16(24)20-9-1-2-10-11(7-9)26-6-5-25-10/h1-4,7H,5-6,8H2,(H2,17,19)(H2,20,21,22,24). The molecule has 11 nitrogen and oxygen atoms in total. The smallest absolute Gasteiger partial charge is 0.361 e. The number of amides is 3. The highest BCUT2D eigenvalue weighted by atomic mass is 16.6. The summed E-state index contributed by atoms with van der Waals surface area (Å²) in [6, 6.07) is 4.00. The fourth-order valence-electron chi connectivity index (χ4n) is 2.15. The third kappa shape index (κ3) is 4.60. The summed E-state index contributed by atoms with van der Waals surface area (Å²) in [5, 5.41) is 4.49. The summed E-state index contributed by atoms with van der Waals surface area (Å²) < 4.78 is 15.5. The second kappa shape index (κ2) is 7.99. The van der Waals surface area contributed by atoms with E-state index >= 15 is 0 Å². The summed E-state index contributed by atoms with van der Waals surface area (Å²) in [7, 11) is 0. The Morgan fingerprint density at radius 3 is 2.63 bits per heavy atom. The molecule has 1 aliphatic rings. The number of ether oxygens (including phenoxy) is 3. The van der Waals surface area contributed by atoms with E-state index in [0.717, 1.165) is 0 Å². The molecule has 3 amide bonds. The van der Waals surface area contributed by atoms with Gasteiger partial charge in [0.1, 0.15) is 13.2 Å². The molecule has 0 fully saturated rings. The molecule has 3 rings (SSSR count). The van der Waals surface area contributed by atoms with Crippen LogP contribution in [-0.2, 0) is 9.53 Å². The minimum atomic E-state index is -0.928. The molecule has 1 aromatic heterocycles. The van der Waals surface area contributed by atoms with Gasteiger partial charge in [0.15, 0.2) is 29.6 Å². The van der Waals surface area contributed by atoms with E-state index in [1.165, 1.54) is 12.4 Å². The van der Waals surface area contributed by atoms with Crippen molar-refractivity contribution in [2.24, 2.45) is 0 Å². The Balaban J connectivity index is 1.48. The summed E-state index contributed by atoms with van der Waals surface area (Å²) in [6.45, 7) is 0.167. The minimum absolute atomic E-state index is 0.126. The van der Waals surface area contributed by atoms with Crippen LogP contribution in [0.15, 0.2) is 30.6 Å². The van der Waals surface area contributed by atoms with Gasteiger partial charge in [-0.1, -0.05) is 0 Å². The molecule has 4 N–H and O–H groups in total. The molecule has 27 heavy (non-hydrogen) atoms. The average Bonchev–Trinajstić information content (AvgIpc) is 2.66. The Kier molecular flexibility index (Phi) is 5.30. The number of aromatic nitrogens is 2. The second-order valence-corrected chi connectivity index (χ2v) is 5.23. The van der Waals surface area contributed by atoms with Crippen LogP contribution in [0.2, 0.25) is 0 Å². The van der Waals surface area contributed by atoms with E-state index in [-0.39, 0.29) is 11.5 Å². The van der Waals surface area contributed by atoms with E-state index < -0.39 is 24.5 Å². The topological polar surface area (TPSA) is 155 Å². The molecule has 140 valence electrons. The van der Waals surface area contributed by atoms with Crippen LogP contribution in [0.1, 0.15) is 10.5 Å². The molecule has 0 radical (unpaired) electrons. The van der Waals surface area contributed by atoms with Gasteiger partial charge in [-0.25, -0.2) is 19.6 Å². The van der Waals surface area contributed by atoms with Crippen molar-refractivity contribution in [2.75, 3.05) is 30.9 Å². The Hall–Kier alpha value is -3.89. The van der Waals surface area contributed by atoms with Crippen molar-refractivity contribution in [1.29, 1.82) is 0 Å². The Morgan fingerprint density at radius 2 is 1.85 bits per heavy atom. The molecule has 0 bridgehead atoms. The minimum Gasteiger partial charge on any atom is -0.486 e. The molecule has 0 spiro atoms. The number of urea groups is 1. The van der Waals surface area contributed by atoms with Crippen molar-refractivity contribution in [1.82, 2.24) is 15.3 Å². The van der Waals surface area contributed by atoms with Gasteiger partial charge in [0.25, 0.3) is 5.91 Å². The molecule has 0 saturated heterocycles. The van der Waals surface area contributed by atoms with Crippen LogP contribution in [0.25, 0.3) is 0 Å². The molecule has 11 heteroatoms. The maximum absolute atomic E-state index is 11.9. The molecule has 0 unspecified atom stereocenters. The van der Waals surface area contributed by atoms with Gasteiger partial charge in [-0.2, -0.15) is 0 Å². The molecule has 0 atom stereocenters. The van der Waals surface area contributed by atoms with E-state index in [4.69, 9.17) is 19.9 Å². The first-order valence-electron chi connectivity index (χ1n) is 7.77. The zero-order valence-electron chi connectivity index (χ0n) is 13.9. The molecule has 1 aromatic carbocycles. The molecule has 0 aliphatic carbocycles. The van der Waals surface area contributed by atoms with Crippen molar-refractivity contribution in [3.8, 4) is 11.5 Å². The van der Waals surface area contributed by atoms with Gasteiger partial charge >= 0.3 is 12.0 Å². The first kappa shape index (κ1) is 17.9. The van der Waals surface area contributed by atoms with E-state index in [2.05, 4.69) is 15.3 Å². The Morgan fingerprint density at radius 1 is 1.11 bits per heavy atom. The summed E-state index contributed by atoms with van der Waals surface area (Å²) in [5.41, 5.74) is 5.67. The van der Waals surface area contributed by atoms with Crippen molar-refractivity contribution < 1.29 is 28.6 Å². The van der Waals surface area contributed by atoms with Gasteiger partial charge in [0.05, 0.1) is 0 Å². The Labute approximate surface area is 152 Å². The highest BCUT2D eigenvalue weighted by Gasteiger charge is 2.17. The summed E-state index contributed by atoms with van der Waals surface area (Å²) in [4.78, 5) is 42.8. The van der Waals surface area contributed by atoms with E-state index in [1.54, 1.807) is 18.2 Å². The van der Waals surface area contributed by atoms with Gasteiger partial charge in [-0.3, -0.25) is 10.1 Å². The number of rotatable bonds is 4. The molecule has 0 saturated carbocycles. The van der Waals surface area contributed by atoms with Gasteiger partial charge in [-0.15, -0.1) is 0 Å². The van der Waals surface area contributed by atoms with E-state index in [1.807, 2.05) is 5.32 Å². The van der Waals surface area contributed by atoms with E-state index in [0.29, 0.717) is 30.4 Å². The third-order valence-corrected chi connectivity index (χ3v) is 3.31. The molecular weight excluding hydrogens is 358 g/mol. The van der Waals surface area contributed by atoms with Crippen LogP contribution < -0.4 is 25.8 Å². The molecular formula is C16H15N5O6. The van der Waals surface area contributed by atoms with Gasteiger partial charge < -0.3 is 25.3 Å². The number of nitrogens with two attached hydrogens (primary N) is 1. The molecule has 2 aromatic rings. The SMILES string of the molecule is Nc1nccnc1C(=O)OCC(=O)NC(=O)Nc1ccc2c(c1)OCCO2. The molecule has 2 heterocycles. The number of hydrogen-bond acceptors (Lipinski definition) is 9. The second-order valence-electron chi connectivity index (χ2n) is 5.23. The van der Waals surface area contributed by atoms with Crippen LogP contribution in [0.5, 0.6) is 11.5 Å². The summed E-state index contributed by atoms with van der Waals surface area (Å²) in [6.07, 6.45) is 2.56. The largest absolute Gasteiger partial charge is 0.486 e. The van der Waals surface area contributed by atoms with Crippen LogP contribution >= 0.6 is 0 Å². The fourth-order valence-corrected chi connectivity index (χ4v) is 2.15. The number of carbonyl (C=O) groups is 3. The van der Waals surface area contributed by atoms with Gasteiger partial charge in [-0.05, 0) is 12.1 Å². The summed E-state index contributed by atoms with van der Waals surface area (Å²) >= 11 is 0. The van der Waals surface area contributed by atoms with Crippen LogP contribution in [-0.4, -0.2) is 47.7 Å². The lowest BCUT2D eigenvalue weighted by atomic mass is 10.2. The van der Waals surface area contributed by atoms with Crippen LogP contribution in [0, 0.1) is 0 Å². The number of nitrogens with zero attached hydrogens (tertiary/aromatic N) is 2. The van der Waals surface area contributed by atoms with Crippen LogP contribution in [0.4, 0.5) is 16.3 Å². The zero-order chi connectivity index (χ0) is 19.2. The van der Waals surface area contributed by atoms with E-state index in [9.17, 15) is 14.4 Å². The lowest BCUT2D eigenvalue weighted by molar-refractivity contribution is -0.123. The number of nitrogen functional groups attached to an aromatic ring is 1. The average molecular weight is 373 g/mol. The predicted molar refractivity (Wildman–Crippen MR) is 91.3 cm³/mol. The molecule has 1 aliphatic heterocycles. The zero-order valence-corrected chi connectivity index (χ0v) is 13.9. The number of nitrogens with one attached hydrogen (secondary N) is 2. The van der Waals surface area contributed by atoms with Gasteiger partial charge in [0, 0.05) is 24.1 Å². The van der Waals surface area contributed by atoms with Gasteiger partial charge in [0.2, 0.25) is 0 Å². The third-order valence-electron chi connectivity index (χ3n) is 3.31. The predicted octanol–water partition coefficient (Wildman–Crippen LogP) is 0.335. The maximum atomic E-state index is 11.9. The first-order valence-corrected chi connectivity index (χ1v) is 7.77. The number of fused-ring (bicyclic) bond motifs is 1. The number of anilines is 2. The number of hydrogen-bond donors (Lipinski definition) is 3.